The Hall–Kier alpha value is -2.44. The van der Waals surface area contributed by atoms with E-state index in [2.05, 4.69) is 6.07 Å². The molecule has 10 heteroatoms. The molecule has 1 aliphatic heterocycles. The van der Waals surface area contributed by atoms with Gasteiger partial charge in [0.15, 0.2) is 0 Å². The number of methoxy groups -OCH3 is 1. The zero-order valence-corrected chi connectivity index (χ0v) is 19.3. The van der Waals surface area contributed by atoms with Crippen LogP contribution >= 0.6 is 7.37 Å². The number of aliphatic hydroxyl groups excluding tert-OH is 3. The molecule has 3 rings (SSSR count). The fourth-order valence-corrected chi connectivity index (χ4v) is 5.54. The minimum atomic E-state index is -3.23. The lowest BCUT2D eigenvalue weighted by Gasteiger charge is -2.40. The van der Waals surface area contributed by atoms with Crippen molar-refractivity contribution in [1.82, 2.24) is 0 Å². The van der Waals surface area contributed by atoms with E-state index in [9.17, 15) is 25.1 Å². The minimum Gasteiger partial charge on any atom is -0.497 e. The first-order valence-corrected chi connectivity index (χ1v) is 12.4. The summed E-state index contributed by atoms with van der Waals surface area (Å²) in [6, 6.07) is 15.5. The van der Waals surface area contributed by atoms with Gasteiger partial charge in [0, 0.05) is 13.3 Å². The van der Waals surface area contributed by atoms with Crippen LogP contribution in [0.3, 0.4) is 0 Å². The van der Waals surface area contributed by atoms with Gasteiger partial charge in [0.25, 0.3) is 0 Å². The third kappa shape index (κ3) is 6.12. The second-order valence-electron chi connectivity index (χ2n) is 7.74. The molecule has 6 atom stereocenters. The molecule has 0 radical (unpaired) electrons. The van der Waals surface area contributed by atoms with Crippen molar-refractivity contribution in [1.29, 1.82) is 5.26 Å². The van der Waals surface area contributed by atoms with Crippen LogP contribution in [0.15, 0.2) is 48.5 Å². The molecule has 1 saturated heterocycles. The maximum atomic E-state index is 13.3. The van der Waals surface area contributed by atoms with Crippen LogP contribution in [-0.4, -0.2) is 66.4 Å². The van der Waals surface area contributed by atoms with Gasteiger partial charge in [0.1, 0.15) is 29.8 Å². The molecule has 1 heterocycles. The van der Waals surface area contributed by atoms with Crippen molar-refractivity contribution in [3.05, 3.63) is 59.7 Å². The van der Waals surface area contributed by atoms with E-state index in [1.807, 2.05) is 0 Å². The van der Waals surface area contributed by atoms with Gasteiger partial charge in [0.2, 0.25) is 13.7 Å². The van der Waals surface area contributed by atoms with Crippen LogP contribution in [0.1, 0.15) is 17.5 Å². The quantitative estimate of drug-likeness (QED) is 0.464. The van der Waals surface area contributed by atoms with Gasteiger partial charge >= 0.3 is 0 Å². The first-order valence-electron chi connectivity index (χ1n) is 10.4. The Morgan fingerprint density at radius 1 is 1.00 bits per heavy atom. The summed E-state index contributed by atoms with van der Waals surface area (Å²) in [6.45, 7) is 0. The summed E-state index contributed by atoms with van der Waals surface area (Å²) in [6.07, 6.45) is -6.47. The van der Waals surface area contributed by atoms with Crippen LogP contribution in [0.5, 0.6) is 11.5 Å². The largest absolute Gasteiger partial charge is 0.497 e. The van der Waals surface area contributed by atoms with Crippen molar-refractivity contribution in [2.75, 3.05) is 20.4 Å². The van der Waals surface area contributed by atoms with Crippen LogP contribution in [-0.2, 0) is 20.0 Å². The Balaban J connectivity index is 1.68. The molecule has 2 aromatic rings. The van der Waals surface area contributed by atoms with Crippen molar-refractivity contribution in [2.24, 2.45) is 0 Å². The van der Waals surface area contributed by atoms with E-state index in [-0.39, 0.29) is 18.7 Å². The highest BCUT2D eigenvalue weighted by Gasteiger charge is 2.45. The Labute approximate surface area is 192 Å². The lowest BCUT2D eigenvalue weighted by Crippen LogP contribution is -2.59. The first kappa shape index (κ1) is 25.2. The third-order valence-corrected chi connectivity index (χ3v) is 8.04. The number of benzene rings is 2. The van der Waals surface area contributed by atoms with Crippen LogP contribution in [0, 0.1) is 11.3 Å². The summed E-state index contributed by atoms with van der Waals surface area (Å²) >= 11 is 0. The van der Waals surface area contributed by atoms with E-state index < -0.39 is 38.1 Å². The van der Waals surface area contributed by atoms with E-state index in [4.69, 9.17) is 18.7 Å². The molecular formula is C23H28NO8P. The molecule has 9 nitrogen and oxygen atoms in total. The summed E-state index contributed by atoms with van der Waals surface area (Å²) in [4.78, 5) is 0. The van der Waals surface area contributed by atoms with Gasteiger partial charge in [-0.05, 0) is 42.3 Å². The molecule has 0 saturated carbocycles. The van der Waals surface area contributed by atoms with Crippen molar-refractivity contribution in [3.8, 4) is 17.6 Å². The normalized spacial score (nSPS) is 26.7. The molecule has 2 aromatic carbocycles. The van der Waals surface area contributed by atoms with Gasteiger partial charge in [0.05, 0.1) is 31.0 Å². The zero-order chi connectivity index (χ0) is 24.0. The average molecular weight is 477 g/mol. The highest BCUT2D eigenvalue weighted by atomic mass is 31.2. The Morgan fingerprint density at radius 2 is 1.67 bits per heavy atom. The molecule has 0 bridgehead atoms. The van der Waals surface area contributed by atoms with Gasteiger partial charge in [-0.2, -0.15) is 5.26 Å². The molecule has 0 spiro atoms. The van der Waals surface area contributed by atoms with Crippen LogP contribution < -0.4 is 9.47 Å². The van der Waals surface area contributed by atoms with Crippen molar-refractivity contribution in [2.45, 2.75) is 43.3 Å². The van der Waals surface area contributed by atoms with Gasteiger partial charge in [-0.15, -0.1) is 0 Å². The number of ether oxygens (including phenoxy) is 3. The second kappa shape index (κ2) is 11.1. The summed E-state index contributed by atoms with van der Waals surface area (Å²) in [5.41, 5.74) is 1.02. The third-order valence-electron chi connectivity index (χ3n) is 5.62. The highest BCUT2D eigenvalue weighted by Crippen LogP contribution is 2.51. The Kier molecular flexibility index (Phi) is 8.49. The number of nitriles is 1. The maximum absolute atomic E-state index is 13.3. The van der Waals surface area contributed by atoms with Gasteiger partial charge in [-0.1, -0.05) is 18.2 Å². The lowest BCUT2D eigenvalue weighted by molar-refractivity contribution is -0.272. The number of nitrogens with zero attached hydrogens (tertiary/aromatic N) is 1. The predicted octanol–water partition coefficient (Wildman–Crippen LogP) is 2.27. The fraction of sp³-hybridized carbons (Fsp3) is 0.435. The first-order chi connectivity index (χ1) is 15.8. The zero-order valence-electron chi connectivity index (χ0n) is 18.4. The SMILES string of the molecule is COc1ccc(OC2O[C@H](CCP(=O)(Cc3ccccc3C#N)OC)[C@@H](O)[C@H](O)[C@@H]2O)cc1. The number of hydrogen-bond donors (Lipinski definition) is 3. The summed E-state index contributed by atoms with van der Waals surface area (Å²) in [7, 11) is -0.360. The Bertz CT molecular complexity index is 1010. The van der Waals surface area contributed by atoms with Crippen LogP contribution in [0.4, 0.5) is 0 Å². The van der Waals surface area contributed by atoms with E-state index in [0.717, 1.165) is 0 Å². The molecule has 33 heavy (non-hydrogen) atoms. The number of rotatable bonds is 9. The molecule has 178 valence electrons. The second-order valence-corrected chi connectivity index (χ2v) is 10.5. The van der Waals surface area contributed by atoms with E-state index in [1.165, 1.54) is 14.2 Å². The van der Waals surface area contributed by atoms with Gasteiger partial charge in [-0.3, -0.25) is 4.57 Å². The van der Waals surface area contributed by atoms with E-state index in [0.29, 0.717) is 22.6 Å². The number of hydrogen-bond acceptors (Lipinski definition) is 9. The molecule has 0 amide bonds. The van der Waals surface area contributed by atoms with Gasteiger partial charge < -0.3 is 34.1 Å². The fourth-order valence-electron chi connectivity index (χ4n) is 3.63. The molecule has 1 aliphatic rings. The number of aliphatic hydroxyl groups is 3. The molecule has 0 aromatic heterocycles. The van der Waals surface area contributed by atoms with Crippen molar-refractivity contribution in [3.63, 3.8) is 0 Å². The molecule has 2 unspecified atom stereocenters. The van der Waals surface area contributed by atoms with Crippen LogP contribution in [0.2, 0.25) is 0 Å². The molecule has 3 N–H and O–H groups in total. The van der Waals surface area contributed by atoms with Gasteiger partial charge in [-0.25, -0.2) is 0 Å². The molecule has 1 fully saturated rings. The predicted molar refractivity (Wildman–Crippen MR) is 119 cm³/mol. The summed E-state index contributed by atoms with van der Waals surface area (Å²) in [5, 5.41) is 40.3. The monoisotopic (exact) mass is 477 g/mol. The topological polar surface area (TPSA) is 138 Å². The molecular weight excluding hydrogens is 449 g/mol. The van der Waals surface area contributed by atoms with Crippen molar-refractivity contribution >= 4 is 7.37 Å². The lowest BCUT2D eigenvalue weighted by atomic mass is 9.97. The summed E-state index contributed by atoms with van der Waals surface area (Å²) < 4.78 is 35.1. The maximum Gasteiger partial charge on any atom is 0.229 e. The average Bonchev–Trinajstić information content (AvgIpc) is 2.84. The van der Waals surface area contributed by atoms with E-state index in [1.54, 1.807) is 48.5 Å². The van der Waals surface area contributed by atoms with Crippen molar-refractivity contribution < 1.29 is 38.6 Å². The standard InChI is InChI=1S/C23H28NO8P/c1-29-17-7-9-18(10-8-17)31-23-22(27)21(26)20(25)19(32-23)11-12-33(28,30-2)14-16-6-4-3-5-15(16)13-24/h3-10,19-23,25-27H,11-12,14H2,1-2H3/t19-,20-,21+,22+,23?,33?/m1/s1. The van der Waals surface area contributed by atoms with E-state index >= 15 is 0 Å². The molecule has 0 aliphatic carbocycles. The smallest absolute Gasteiger partial charge is 0.229 e. The Morgan fingerprint density at radius 3 is 2.30 bits per heavy atom. The summed E-state index contributed by atoms with van der Waals surface area (Å²) in [5.74, 6) is 0.993. The highest BCUT2D eigenvalue weighted by molar-refractivity contribution is 7.58. The minimum absolute atomic E-state index is 0.0308. The van der Waals surface area contributed by atoms with Crippen LogP contribution in [0.25, 0.3) is 0 Å².